The lowest BCUT2D eigenvalue weighted by molar-refractivity contribution is 0.0527. The van der Waals surface area contributed by atoms with Crippen molar-refractivity contribution in [2.24, 2.45) is 4.99 Å². The lowest BCUT2D eigenvalue weighted by atomic mass is 10.3. The molecule has 0 amide bonds. The highest BCUT2D eigenvalue weighted by Gasteiger charge is 2.16. The number of morpholine rings is 1. The number of nitrogens with one attached hydrogen (secondary N) is 2. The van der Waals surface area contributed by atoms with Crippen molar-refractivity contribution < 1.29 is 4.74 Å². The number of ether oxygens (including phenoxy) is 1. The maximum atomic E-state index is 5.29. The van der Waals surface area contributed by atoms with Gasteiger partial charge in [0.2, 0.25) is 0 Å². The zero-order chi connectivity index (χ0) is 9.80. The molecule has 2 rings (SSSR count). The Morgan fingerprint density at radius 3 is 3.07 bits per heavy atom. The van der Waals surface area contributed by atoms with Gasteiger partial charge in [0.05, 0.1) is 19.6 Å². The van der Waals surface area contributed by atoms with Crippen molar-refractivity contribution in [2.75, 3.05) is 33.4 Å². The van der Waals surface area contributed by atoms with E-state index in [2.05, 4.69) is 26.6 Å². The van der Waals surface area contributed by atoms with Gasteiger partial charge in [-0.05, 0) is 13.1 Å². The molecule has 0 aromatic heterocycles. The Labute approximate surface area is 83.8 Å². The normalized spacial score (nSPS) is 27.1. The summed E-state index contributed by atoms with van der Waals surface area (Å²) in [6.45, 7) is 3.45. The maximum Gasteiger partial charge on any atom is 0.129 e. The average Bonchev–Trinajstić information content (AvgIpc) is 2.30. The van der Waals surface area contributed by atoms with Crippen LogP contribution in [0.1, 0.15) is 0 Å². The topological polar surface area (TPSA) is 48.9 Å². The van der Waals surface area contributed by atoms with E-state index in [0.29, 0.717) is 0 Å². The molecule has 2 heterocycles. The summed E-state index contributed by atoms with van der Waals surface area (Å²) in [7, 11) is 1.92. The molecule has 0 saturated carbocycles. The maximum absolute atomic E-state index is 5.29. The van der Waals surface area contributed by atoms with E-state index in [1.165, 1.54) is 0 Å². The first-order chi connectivity index (χ1) is 6.90. The van der Waals surface area contributed by atoms with Crippen molar-refractivity contribution in [1.29, 1.82) is 0 Å². The standard InChI is InChI=1S/C9H16N4O/c1-10-8-6-9(12-7-11-8)13-2-4-14-5-3-13/h6-8,10H,2-5H2,1H3,(H,11,12). The Bertz CT molecular complexity index is 245. The highest BCUT2D eigenvalue weighted by molar-refractivity contribution is 5.58. The third kappa shape index (κ3) is 2.05. The Morgan fingerprint density at radius 2 is 2.36 bits per heavy atom. The molecule has 5 heteroatoms. The van der Waals surface area contributed by atoms with Crippen LogP contribution in [0.2, 0.25) is 0 Å². The SMILES string of the molecule is CNC1C=C(N2CCOCC2)N=CN1. The van der Waals surface area contributed by atoms with E-state index in [1.807, 2.05) is 7.05 Å². The predicted octanol–water partition coefficient (Wildman–Crippen LogP) is -0.663. The lowest BCUT2D eigenvalue weighted by Crippen LogP contribution is -2.43. The molecule has 1 atom stereocenters. The molecule has 2 aliphatic rings. The molecule has 14 heavy (non-hydrogen) atoms. The fourth-order valence-electron chi connectivity index (χ4n) is 1.57. The third-order valence-corrected chi connectivity index (χ3v) is 2.41. The summed E-state index contributed by atoms with van der Waals surface area (Å²) in [5.41, 5.74) is 0. The Morgan fingerprint density at radius 1 is 1.57 bits per heavy atom. The van der Waals surface area contributed by atoms with Crippen LogP contribution >= 0.6 is 0 Å². The molecule has 0 aromatic rings. The summed E-state index contributed by atoms with van der Waals surface area (Å²) in [6.07, 6.45) is 4.02. The van der Waals surface area contributed by atoms with E-state index in [1.54, 1.807) is 6.34 Å². The minimum atomic E-state index is 0.186. The Balaban J connectivity index is 2.01. The minimum absolute atomic E-state index is 0.186. The molecular formula is C9H16N4O. The monoisotopic (exact) mass is 196 g/mol. The van der Waals surface area contributed by atoms with Crippen molar-refractivity contribution >= 4 is 6.34 Å². The van der Waals surface area contributed by atoms with Gasteiger partial charge in [-0.15, -0.1) is 0 Å². The summed E-state index contributed by atoms with van der Waals surface area (Å²) in [4.78, 5) is 6.55. The van der Waals surface area contributed by atoms with Gasteiger partial charge in [0, 0.05) is 13.1 Å². The van der Waals surface area contributed by atoms with Gasteiger partial charge < -0.3 is 15.0 Å². The zero-order valence-electron chi connectivity index (χ0n) is 8.36. The van der Waals surface area contributed by atoms with E-state index in [4.69, 9.17) is 4.74 Å². The van der Waals surface area contributed by atoms with Crippen LogP contribution < -0.4 is 10.6 Å². The molecule has 0 aromatic carbocycles. The van der Waals surface area contributed by atoms with Gasteiger partial charge in [-0.2, -0.15) is 0 Å². The predicted molar refractivity (Wildman–Crippen MR) is 55.0 cm³/mol. The van der Waals surface area contributed by atoms with Gasteiger partial charge in [-0.1, -0.05) is 0 Å². The molecule has 0 radical (unpaired) electrons. The summed E-state index contributed by atoms with van der Waals surface area (Å²) >= 11 is 0. The summed E-state index contributed by atoms with van der Waals surface area (Å²) in [5.74, 6) is 1.03. The second kappa shape index (κ2) is 4.43. The molecule has 0 bridgehead atoms. The van der Waals surface area contributed by atoms with Gasteiger partial charge in [0.15, 0.2) is 0 Å². The minimum Gasteiger partial charge on any atom is -0.378 e. The summed E-state index contributed by atoms with van der Waals surface area (Å²) < 4.78 is 5.29. The molecule has 78 valence electrons. The van der Waals surface area contributed by atoms with Gasteiger partial charge in [0.25, 0.3) is 0 Å². The summed E-state index contributed by atoms with van der Waals surface area (Å²) in [5, 5.41) is 6.24. The van der Waals surface area contributed by atoms with Gasteiger partial charge in [-0.25, -0.2) is 4.99 Å². The molecule has 2 N–H and O–H groups in total. The number of rotatable bonds is 2. The molecule has 2 aliphatic heterocycles. The van der Waals surface area contributed by atoms with Crippen molar-refractivity contribution in [3.8, 4) is 0 Å². The second-order valence-electron chi connectivity index (χ2n) is 3.32. The third-order valence-electron chi connectivity index (χ3n) is 2.41. The first-order valence-corrected chi connectivity index (χ1v) is 4.90. The second-order valence-corrected chi connectivity index (χ2v) is 3.32. The number of likely N-dealkylation sites (N-methyl/N-ethyl adjacent to an activating group) is 1. The molecule has 1 unspecified atom stereocenters. The van der Waals surface area contributed by atoms with Crippen LogP contribution in [-0.4, -0.2) is 50.8 Å². The van der Waals surface area contributed by atoms with Crippen molar-refractivity contribution in [1.82, 2.24) is 15.5 Å². The van der Waals surface area contributed by atoms with Crippen LogP contribution in [0.4, 0.5) is 0 Å². The van der Waals surface area contributed by atoms with Crippen LogP contribution in [0.5, 0.6) is 0 Å². The number of nitrogens with zero attached hydrogens (tertiary/aromatic N) is 2. The molecule has 0 aliphatic carbocycles. The smallest absolute Gasteiger partial charge is 0.129 e. The van der Waals surface area contributed by atoms with Crippen LogP contribution in [0.3, 0.4) is 0 Å². The number of hydrogen-bond acceptors (Lipinski definition) is 5. The first kappa shape index (κ1) is 9.48. The Hall–Kier alpha value is -1.07. The Kier molecular flexibility index (Phi) is 3.00. The molecule has 1 saturated heterocycles. The number of hydrogen-bond donors (Lipinski definition) is 2. The zero-order valence-corrected chi connectivity index (χ0v) is 8.36. The van der Waals surface area contributed by atoms with E-state index in [-0.39, 0.29) is 6.17 Å². The van der Waals surface area contributed by atoms with Crippen LogP contribution in [0.15, 0.2) is 16.9 Å². The fourth-order valence-corrected chi connectivity index (χ4v) is 1.57. The van der Waals surface area contributed by atoms with E-state index >= 15 is 0 Å². The van der Waals surface area contributed by atoms with Gasteiger partial charge in [0.1, 0.15) is 12.0 Å². The lowest BCUT2D eigenvalue weighted by Gasteiger charge is -2.31. The average molecular weight is 196 g/mol. The molecule has 0 spiro atoms. The van der Waals surface area contributed by atoms with Crippen LogP contribution in [0.25, 0.3) is 0 Å². The van der Waals surface area contributed by atoms with E-state index < -0.39 is 0 Å². The first-order valence-electron chi connectivity index (χ1n) is 4.90. The molecule has 1 fully saturated rings. The van der Waals surface area contributed by atoms with Crippen molar-refractivity contribution in [3.05, 3.63) is 11.9 Å². The van der Waals surface area contributed by atoms with E-state index in [9.17, 15) is 0 Å². The fraction of sp³-hybridized carbons (Fsp3) is 0.667. The van der Waals surface area contributed by atoms with Gasteiger partial charge in [-0.3, -0.25) is 5.32 Å². The van der Waals surface area contributed by atoms with Crippen LogP contribution in [-0.2, 0) is 4.74 Å². The quantitative estimate of drug-likeness (QED) is 0.615. The molecular weight excluding hydrogens is 180 g/mol. The number of aliphatic imine (C=N–C) groups is 1. The highest BCUT2D eigenvalue weighted by atomic mass is 16.5. The molecule has 5 nitrogen and oxygen atoms in total. The largest absolute Gasteiger partial charge is 0.378 e. The van der Waals surface area contributed by atoms with E-state index in [0.717, 1.165) is 32.1 Å². The summed E-state index contributed by atoms with van der Waals surface area (Å²) in [6, 6.07) is 0. The highest BCUT2D eigenvalue weighted by Crippen LogP contribution is 2.10. The van der Waals surface area contributed by atoms with Crippen molar-refractivity contribution in [3.63, 3.8) is 0 Å². The van der Waals surface area contributed by atoms with Crippen LogP contribution in [0, 0.1) is 0 Å². The van der Waals surface area contributed by atoms with Crippen molar-refractivity contribution in [2.45, 2.75) is 6.17 Å². The van der Waals surface area contributed by atoms with Gasteiger partial charge >= 0.3 is 0 Å².